The Labute approximate surface area is 245 Å². The third-order valence-corrected chi connectivity index (χ3v) is 0. The molecule has 0 aromatic heterocycles. The van der Waals surface area contributed by atoms with Gasteiger partial charge >= 0.3 is 0 Å². The van der Waals surface area contributed by atoms with Crippen LogP contribution in [0.25, 0.3) is 0 Å². The summed E-state index contributed by atoms with van der Waals surface area (Å²) in [5.74, 6) is 0. The van der Waals surface area contributed by atoms with Crippen molar-refractivity contribution in [3.8, 4) is 0 Å². The molecule has 0 bridgehead atoms. The Morgan fingerprint density at radius 3 is 0.0952 bits per heavy atom. The fourth-order valence-corrected chi connectivity index (χ4v) is 0. The van der Waals surface area contributed by atoms with Gasteiger partial charge in [-0.25, -0.2) is 0 Å². The molecule has 0 saturated heterocycles. The van der Waals surface area contributed by atoms with E-state index in [0.717, 1.165) is 0 Å². The molecule has 21 heteroatoms. The molecule has 0 unspecified atom stereocenters. The van der Waals surface area contributed by atoms with Gasteiger partial charge in [0.15, 0.2) is 0 Å². The molecular weight excluding hydrogens is 618 g/mol. The summed E-state index contributed by atoms with van der Waals surface area (Å²) < 4.78 is 0. The molecule has 0 radical (unpaired) electrons. The summed E-state index contributed by atoms with van der Waals surface area (Å²) in [6, 6.07) is 0. The summed E-state index contributed by atoms with van der Waals surface area (Å²) in [5, 5.41) is 0. The first-order valence-electron chi connectivity index (χ1n) is 0. The molecule has 0 rings (SSSR count). The van der Waals surface area contributed by atoms with E-state index in [1.165, 1.54) is 0 Å². The molecule has 0 fully saturated rings. The first-order chi connectivity index (χ1) is 0. The molecule has 0 aliphatic rings. The lowest BCUT2D eigenvalue weighted by Gasteiger charge is -0.198. The molecule has 0 heterocycles. The van der Waals surface area contributed by atoms with E-state index in [2.05, 4.69) is 0 Å². The minimum absolute atomic E-state index is 0. The van der Waals surface area contributed by atoms with Gasteiger partial charge in [0.25, 0.3) is 0 Å². The Balaban J connectivity index is 0. The van der Waals surface area contributed by atoms with Gasteiger partial charge in [-0.1, -0.05) is 0 Å². The van der Waals surface area contributed by atoms with Gasteiger partial charge < -0.3 is 0 Å². The lowest BCUT2D eigenvalue weighted by Crippen LogP contribution is -0.382. The zero-order valence-corrected chi connectivity index (χ0v) is 10.5. The number of rotatable bonds is 0. The van der Waals surface area contributed by atoms with Gasteiger partial charge in [-0.2, -0.15) is 94.5 Å². The standard InChI is InChI=1S/7H2S.14H4Si/h7*1H2;14*1H4. The van der Waals surface area contributed by atoms with Crippen molar-refractivity contribution in [1.29, 1.82) is 0 Å². The Kier molecular flexibility index (Phi) is 13800. The van der Waals surface area contributed by atoms with Gasteiger partial charge in [-0.3, -0.25) is 0 Å². The van der Waals surface area contributed by atoms with E-state index in [1.54, 1.807) is 0 Å². The molecule has 0 amide bonds. The summed E-state index contributed by atoms with van der Waals surface area (Å²) in [7, 11) is 0. The molecule has 0 aromatic rings. The highest BCUT2D eigenvalue weighted by atomic mass is 32.1. The van der Waals surface area contributed by atoms with Crippen LogP contribution < -0.4 is 0 Å². The maximum Gasteiger partial charge on any atom is -0.0149 e. The van der Waals surface area contributed by atoms with Crippen LogP contribution in [0.4, 0.5) is 0 Å². The van der Waals surface area contributed by atoms with Gasteiger partial charge in [-0.05, 0) is 154 Å². The molecular formula is H70S7Si14. The van der Waals surface area contributed by atoms with Crippen molar-refractivity contribution >= 4 is 248 Å². The first-order valence-corrected chi connectivity index (χ1v) is 0. The monoisotopic (exact) mass is 686 g/mol. The summed E-state index contributed by atoms with van der Waals surface area (Å²) in [6.45, 7) is 0. The van der Waals surface area contributed by atoms with Crippen LogP contribution in [0.15, 0.2) is 0 Å². The van der Waals surface area contributed by atoms with Crippen molar-refractivity contribution in [1.82, 2.24) is 0 Å². The van der Waals surface area contributed by atoms with Gasteiger partial charge in [0.1, 0.15) is 0 Å². The summed E-state index contributed by atoms with van der Waals surface area (Å²) in [4.78, 5) is 0. The fourth-order valence-electron chi connectivity index (χ4n) is 0. The van der Waals surface area contributed by atoms with Gasteiger partial charge in [0, 0.05) is 0 Å². The lowest BCUT2D eigenvalue weighted by atomic mass is 28.1. The van der Waals surface area contributed by atoms with Crippen LogP contribution in [0.1, 0.15) is 0 Å². The molecule has 0 N–H and O–H groups in total. The average Bonchev–Trinajstić information content (AvgIpc) is 0. The van der Waals surface area contributed by atoms with E-state index in [1.807, 2.05) is 0 Å². The molecule has 0 atom stereocenters. The van der Waals surface area contributed by atoms with E-state index >= 15 is 0 Å². The lowest BCUT2D eigenvalue weighted by molar-refractivity contribution is 5.75. The highest BCUT2D eigenvalue weighted by Gasteiger charge is -0.00133. The topological polar surface area (TPSA) is 0 Å². The normalized spacial score (nSPS) is 0. The van der Waals surface area contributed by atoms with Gasteiger partial charge in [0.05, 0.1) is 0 Å². The second-order valence-corrected chi connectivity index (χ2v) is 0. The quantitative estimate of drug-likeness (QED) is 0.222. The highest BCUT2D eigenvalue weighted by Crippen LogP contribution is 0.654. The van der Waals surface area contributed by atoms with Crippen molar-refractivity contribution in [3.05, 3.63) is 0 Å². The second-order valence-electron chi connectivity index (χ2n) is 0. The SMILES string of the molecule is S.S.S.S.S.S.S.[SiH4].[SiH4].[SiH4].[SiH4].[SiH4].[SiH4].[SiH4].[SiH4].[SiH4].[SiH4].[SiH4].[SiH4].[SiH4].[SiH4]. The van der Waals surface area contributed by atoms with Crippen molar-refractivity contribution < 1.29 is 0 Å². The Morgan fingerprint density at radius 2 is 0.0952 bits per heavy atom. The molecule has 0 nitrogen and oxygen atoms in total. The summed E-state index contributed by atoms with van der Waals surface area (Å²) in [5.41, 5.74) is 0. The minimum atomic E-state index is 0. The molecule has 0 aliphatic heterocycles. The number of hydrogen-bond donors (Lipinski definition) is 0. The molecule has 0 spiro atoms. The van der Waals surface area contributed by atoms with Crippen LogP contribution in [-0.4, -0.2) is 154 Å². The van der Waals surface area contributed by atoms with Crippen LogP contribution in [0, 0.1) is 0 Å². The van der Waals surface area contributed by atoms with Crippen LogP contribution in [0.2, 0.25) is 0 Å². The summed E-state index contributed by atoms with van der Waals surface area (Å²) >= 11 is 0. The zero-order chi connectivity index (χ0) is 0. The molecule has 0 saturated carbocycles. The Bertz CT molecular complexity index is 19.3. The van der Waals surface area contributed by atoms with Gasteiger partial charge in [0.2, 0.25) is 0 Å². The first kappa shape index (κ1) is 572. The van der Waals surface area contributed by atoms with Crippen molar-refractivity contribution in [2.75, 3.05) is 0 Å². The van der Waals surface area contributed by atoms with Crippen molar-refractivity contribution in [2.24, 2.45) is 0 Å². The van der Waals surface area contributed by atoms with Crippen LogP contribution in [-0.2, 0) is 0 Å². The smallest absolute Gasteiger partial charge is 0.0149 e. The molecule has 0 aliphatic carbocycles. The Morgan fingerprint density at radius 1 is 0.0952 bits per heavy atom. The third kappa shape index (κ3) is 467. The van der Waals surface area contributed by atoms with Gasteiger partial charge in [-0.15, -0.1) is 0 Å². The largest absolute Gasteiger partial charge is 0.197 e. The van der Waals surface area contributed by atoms with Crippen LogP contribution >= 0.6 is 94.5 Å². The minimum Gasteiger partial charge on any atom is -0.197 e. The fraction of sp³-hybridized carbons (Fsp3) is 0. The van der Waals surface area contributed by atoms with Crippen LogP contribution in [0.5, 0.6) is 0 Å². The third-order valence-electron chi connectivity index (χ3n) is 0. The van der Waals surface area contributed by atoms with Crippen molar-refractivity contribution in [3.63, 3.8) is 0 Å². The van der Waals surface area contributed by atoms with E-state index in [9.17, 15) is 0 Å². The summed E-state index contributed by atoms with van der Waals surface area (Å²) in [6.07, 6.45) is 0. The number of hydrogen-bond acceptors (Lipinski definition) is 0. The van der Waals surface area contributed by atoms with Crippen molar-refractivity contribution in [2.45, 2.75) is 0 Å². The van der Waals surface area contributed by atoms with E-state index in [4.69, 9.17) is 0 Å². The van der Waals surface area contributed by atoms with E-state index in [-0.39, 0.29) is 248 Å². The Hall–Kier alpha value is 5.49. The molecule has 0 aromatic carbocycles. The zero-order valence-electron chi connectivity index (χ0n) is 3.50. The highest BCUT2D eigenvalue weighted by molar-refractivity contribution is 7.60. The predicted octanol–water partition coefficient (Wildman–Crippen LogP) is -19.5. The molecule has 168 valence electrons. The van der Waals surface area contributed by atoms with E-state index in [0.29, 0.717) is 0 Å². The van der Waals surface area contributed by atoms with E-state index < -0.39 is 0 Å². The van der Waals surface area contributed by atoms with Crippen LogP contribution in [0.3, 0.4) is 0 Å². The maximum atomic E-state index is 0. The molecule has 21 heavy (non-hydrogen) atoms. The maximum absolute atomic E-state index is 0. The second kappa shape index (κ2) is 508. The predicted molar refractivity (Wildman–Crippen MR) is 231 cm³/mol. The average molecular weight is 688 g/mol.